The van der Waals surface area contributed by atoms with Crippen LogP contribution in [0.4, 0.5) is 5.69 Å². The van der Waals surface area contributed by atoms with Crippen LogP contribution in [0.3, 0.4) is 0 Å². The highest BCUT2D eigenvalue weighted by Gasteiger charge is 2.11. The maximum atomic E-state index is 12.5. The van der Waals surface area contributed by atoms with Crippen LogP contribution in [0.25, 0.3) is 16.8 Å². The van der Waals surface area contributed by atoms with E-state index in [0.717, 1.165) is 14.5 Å². The average molecular weight is 576 g/mol. The molecule has 0 saturated carbocycles. The molecule has 0 spiro atoms. The number of nitrogens with one attached hydrogen (secondary N) is 1. The zero-order valence-electron chi connectivity index (χ0n) is 18.3. The van der Waals surface area contributed by atoms with Crippen LogP contribution >= 0.6 is 31.9 Å². The molecule has 0 aliphatic heterocycles. The fourth-order valence-electron chi connectivity index (χ4n) is 3.56. The molecular formula is C28H20Br2N2O2. The fourth-order valence-corrected chi connectivity index (χ4v) is 4.33. The van der Waals surface area contributed by atoms with E-state index in [-0.39, 0.29) is 5.57 Å². The number of anilines is 1. The van der Waals surface area contributed by atoms with Gasteiger partial charge in [-0.1, -0.05) is 58.4 Å². The molecule has 0 unspecified atom stereocenters. The first kappa shape index (κ1) is 23.7. The van der Waals surface area contributed by atoms with Gasteiger partial charge in [0, 0.05) is 15.7 Å². The van der Waals surface area contributed by atoms with Crippen LogP contribution in [0.15, 0.2) is 93.4 Å². The number of amides is 1. The SMILES string of the molecule is Cc1ccc2ccccc2c1COc1ccc(/C=C(\C#N)C(=O)Nc2ccc(Br)cc2)cc1Br. The van der Waals surface area contributed by atoms with Gasteiger partial charge in [-0.2, -0.15) is 5.26 Å². The Morgan fingerprint density at radius 2 is 1.79 bits per heavy atom. The number of ether oxygens (including phenoxy) is 1. The van der Waals surface area contributed by atoms with Crippen LogP contribution in [0, 0.1) is 18.3 Å². The van der Waals surface area contributed by atoms with E-state index in [4.69, 9.17) is 4.74 Å². The lowest BCUT2D eigenvalue weighted by molar-refractivity contribution is -0.112. The molecule has 34 heavy (non-hydrogen) atoms. The Morgan fingerprint density at radius 3 is 2.53 bits per heavy atom. The van der Waals surface area contributed by atoms with E-state index in [9.17, 15) is 10.1 Å². The number of carbonyl (C=O) groups is 1. The van der Waals surface area contributed by atoms with Crippen molar-refractivity contribution in [1.29, 1.82) is 5.26 Å². The molecule has 0 saturated heterocycles. The second-order valence-electron chi connectivity index (χ2n) is 7.69. The number of halogens is 2. The summed E-state index contributed by atoms with van der Waals surface area (Å²) in [5, 5.41) is 14.6. The Morgan fingerprint density at radius 1 is 1.03 bits per heavy atom. The van der Waals surface area contributed by atoms with Gasteiger partial charge in [-0.25, -0.2) is 0 Å². The third-order valence-electron chi connectivity index (χ3n) is 5.38. The van der Waals surface area contributed by atoms with E-state index in [2.05, 4.69) is 68.4 Å². The Hall–Kier alpha value is -3.40. The van der Waals surface area contributed by atoms with Crippen LogP contribution in [0.5, 0.6) is 5.75 Å². The summed E-state index contributed by atoms with van der Waals surface area (Å²) < 4.78 is 7.77. The predicted octanol–water partition coefficient (Wildman–Crippen LogP) is 7.80. The van der Waals surface area contributed by atoms with Crippen molar-refractivity contribution < 1.29 is 9.53 Å². The first-order valence-electron chi connectivity index (χ1n) is 10.5. The summed E-state index contributed by atoms with van der Waals surface area (Å²) in [6, 6.07) is 27.1. The number of carbonyl (C=O) groups excluding carboxylic acids is 1. The summed E-state index contributed by atoms with van der Waals surface area (Å²) in [6.45, 7) is 2.51. The summed E-state index contributed by atoms with van der Waals surface area (Å²) in [5.74, 6) is 0.218. The van der Waals surface area contributed by atoms with Gasteiger partial charge in [-0.05, 0) is 87.2 Å². The highest BCUT2D eigenvalue weighted by Crippen LogP contribution is 2.30. The standard InChI is InChI=1S/C28H20Br2N2O2/c1-18-6-8-20-4-2-3-5-24(20)25(18)17-34-27-13-7-19(15-26(27)30)14-21(16-31)28(33)32-23-11-9-22(29)10-12-23/h2-15H,17H2,1H3,(H,32,33)/b21-14+. The van der Waals surface area contributed by atoms with E-state index >= 15 is 0 Å². The third-order valence-corrected chi connectivity index (χ3v) is 6.53. The Labute approximate surface area is 215 Å². The molecule has 1 amide bonds. The quantitative estimate of drug-likeness (QED) is 0.188. The van der Waals surface area contributed by atoms with Crippen molar-refractivity contribution in [3.05, 3.63) is 110 Å². The van der Waals surface area contributed by atoms with Crippen molar-refractivity contribution in [2.24, 2.45) is 0 Å². The second-order valence-corrected chi connectivity index (χ2v) is 9.46. The van der Waals surface area contributed by atoms with Gasteiger partial charge in [0.25, 0.3) is 5.91 Å². The summed E-state index contributed by atoms with van der Waals surface area (Å²) >= 11 is 6.91. The van der Waals surface area contributed by atoms with Gasteiger partial charge in [-0.15, -0.1) is 0 Å². The van der Waals surface area contributed by atoms with Crippen LogP contribution in [-0.4, -0.2) is 5.91 Å². The lowest BCUT2D eigenvalue weighted by Crippen LogP contribution is -2.13. The van der Waals surface area contributed by atoms with Crippen LogP contribution < -0.4 is 10.1 Å². The lowest BCUT2D eigenvalue weighted by Gasteiger charge is -2.13. The van der Waals surface area contributed by atoms with Gasteiger partial charge in [0.15, 0.2) is 0 Å². The van der Waals surface area contributed by atoms with Crippen molar-refractivity contribution in [3.8, 4) is 11.8 Å². The topological polar surface area (TPSA) is 62.1 Å². The molecule has 0 radical (unpaired) electrons. The number of benzene rings is 4. The van der Waals surface area contributed by atoms with Gasteiger partial charge in [-0.3, -0.25) is 4.79 Å². The van der Waals surface area contributed by atoms with Gasteiger partial charge in [0.1, 0.15) is 24.0 Å². The molecule has 0 aliphatic carbocycles. The van der Waals surface area contributed by atoms with Gasteiger partial charge in [0.2, 0.25) is 0 Å². The summed E-state index contributed by atoms with van der Waals surface area (Å²) in [5.41, 5.74) is 3.65. The van der Waals surface area contributed by atoms with E-state index in [1.54, 1.807) is 18.2 Å². The van der Waals surface area contributed by atoms with E-state index in [0.29, 0.717) is 23.6 Å². The minimum Gasteiger partial charge on any atom is -0.488 e. The molecule has 4 nitrogen and oxygen atoms in total. The molecule has 4 aromatic rings. The maximum absolute atomic E-state index is 12.5. The largest absolute Gasteiger partial charge is 0.488 e. The van der Waals surface area contributed by atoms with Crippen molar-refractivity contribution in [1.82, 2.24) is 0 Å². The molecular weight excluding hydrogens is 556 g/mol. The molecule has 6 heteroatoms. The molecule has 0 atom stereocenters. The molecule has 4 aromatic carbocycles. The monoisotopic (exact) mass is 574 g/mol. The average Bonchev–Trinajstić information content (AvgIpc) is 2.84. The van der Waals surface area contributed by atoms with Gasteiger partial charge >= 0.3 is 0 Å². The molecule has 0 bridgehead atoms. The number of aryl methyl sites for hydroxylation is 1. The van der Waals surface area contributed by atoms with Crippen LogP contribution in [0.2, 0.25) is 0 Å². The van der Waals surface area contributed by atoms with Crippen molar-refractivity contribution in [2.75, 3.05) is 5.32 Å². The van der Waals surface area contributed by atoms with Crippen molar-refractivity contribution >= 4 is 60.3 Å². The minimum absolute atomic E-state index is 0.00914. The lowest BCUT2D eigenvalue weighted by atomic mass is 10.0. The molecule has 1 N–H and O–H groups in total. The molecule has 0 aromatic heterocycles. The highest BCUT2D eigenvalue weighted by molar-refractivity contribution is 9.10. The molecule has 4 rings (SSSR count). The van der Waals surface area contributed by atoms with Gasteiger partial charge in [0.05, 0.1) is 4.47 Å². The first-order valence-corrected chi connectivity index (χ1v) is 12.1. The Balaban J connectivity index is 1.50. The zero-order chi connectivity index (χ0) is 24.1. The van der Waals surface area contributed by atoms with Crippen LogP contribution in [0.1, 0.15) is 16.7 Å². The smallest absolute Gasteiger partial charge is 0.266 e. The number of hydrogen-bond acceptors (Lipinski definition) is 3. The molecule has 0 heterocycles. The molecule has 168 valence electrons. The number of nitriles is 1. The second kappa shape index (κ2) is 10.7. The maximum Gasteiger partial charge on any atom is 0.266 e. The van der Waals surface area contributed by atoms with E-state index in [1.807, 2.05) is 48.5 Å². The van der Waals surface area contributed by atoms with Crippen molar-refractivity contribution in [2.45, 2.75) is 13.5 Å². The first-order chi connectivity index (χ1) is 16.4. The van der Waals surface area contributed by atoms with Crippen molar-refractivity contribution in [3.63, 3.8) is 0 Å². The third kappa shape index (κ3) is 5.56. The number of nitrogens with zero attached hydrogens (tertiary/aromatic N) is 1. The predicted molar refractivity (Wildman–Crippen MR) is 144 cm³/mol. The zero-order valence-corrected chi connectivity index (χ0v) is 21.5. The Bertz CT molecular complexity index is 1440. The summed E-state index contributed by atoms with van der Waals surface area (Å²) in [7, 11) is 0. The Kier molecular flexibility index (Phi) is 7.46. The van der Waals surface area contributed by atoms with E-state index in [1.165, 1.54) is 16.3 Å². The number of hydrogen-bond donors (Lipinski definition) is 1. The summed E-state index contributed by atoms with van der Waals surface area (Å²) in [6.07, 6.45) is 1.55. The molecule has 0 aliphatic rings. The van der Waals surface area contributed by atoms with Crippen LogP contribution in [-0.2, 0) is 11.4 Å². The van der Waals surface area contributed by atoms with Gasteiger partial charge < -0.3 is 10.1 Å². The normalized spacial score (nSPS) is 11.2. The highest BCUT2D eigenvalue weighted by atomic mass is 79.9. The number of rotatable bonds is 6. The number of fused-ring (bicyclic) bond motifs is 1. The summed E-state index contributed by atoms with van der Waals surface area (Å²) in [4.78, 5) is 12.5. The fraction of sp³-hybridized carbons (Fsp3) is 0.0714. The molecule has 0 fully saturated rings. The minimum atomic E-state index is -0.465. The van der Waals surface area contributed by atoms with E-state index < -0.39 is 5.91 Å².